The minimum atomic E-state index is -3.62. The lowest BCUT2D eigenvalue weighted by atomic mass is 9.12. The van der Waals surface area contributed by atoms with E-state index in [1.165, 1.54) is 72.9 Å². The van der Waals surface area contributed by atoms with E-state index in [9.17, 15) is 17.6 Å². The maximum absolute atomic E-state index is 15.7. The Labute approximate surface area is 277 Å². The van der Waals surface area contributed by atoms with Crippen LogP contribution in [-0.2, 0) is 0 Å². The van der Waals surface area contributed by atoms with Gasteiger partial charge in [0, 0.05) is 24.3 Å². The Bertz CT molecular complexity index is 1540. The Balaban J connectivity index is 0.000000401. The zero-order valence-electron chi connectivity index (χ0n) is 28.2. The molecular formula is C38H42BF8N. The molecule has 48 heavy (non-hydrogen) atoms. The first-order chi connectivity index (χ1) is 22.7. The fourth-order valence-corrected chi connectivity index (χ4v) is 7.39. The van der Waals surface area contributed by atoms with Gasteiger partial charge in [0.2, 0.25) is 0 Å². The first-order valence-corrected chi connectivity index (χ1v) is 16.5. The topological polar surface area (TPSA) is 4.44 Å². The molecule has 258 valence electrons. The zero-order chi connectivity index (χ0) is 35.5. The van der Waals surface area contributed by atoms with E-state index < -0.39 is 74.5 Å². The highest BCUT2D eigenvalue weighted by Crippen LogP contribution is 2.22. The summed E-state index contributed by atoms with van der Waals surface area (Å²) in [7, 11) is 0. The third kappa shape index (κ3) is 7.19. The van der Waals surface area contributed by atoms with Crippen molar-refractivity contribution in [3.05, 3.63) is 117 Å². The SMILES string of the molecule is CC[NH+](CC)C1CCCCC1.Cc1cc([B-](c2cc(C)c(F)cc2F)(c2cc(C)c(F)cc2F)c2cc(C)c(F)cc2F)c(F)cc1F. The van der Waals surface area contributed by atoms with Gasteiger partial charge >= 0.3 is 0 Å². The van der Waals surface area contributed by atoms with Crippen LogP contribution in [0.3, 0.4) is 0 Å². The molecule has 10 heteroatoms. The molecule has 0 spiro atoms. The number of rotatable bonds is 7. The molecule has 1 aliphatic rings. The van der Waals surface area contributed by atoms with Gasteiger partial charge in [-0.15, -0.1) is 0 Å². The van der Waals surface area contributed by atoms with Gasteiger partial charge in [0.1, 0.15) is 29.4 Å². The van der Waals surface area contributed by atoms with Crippen molar-refractivity contribution < 1.29 is 40.0 Å². The molecule has 0 bridgehead atoms. The average Bonchev–Trinajstić information content (AvgIpc) is 3.04. The third-order valence-corrected chi connectivity index (χ3v) is 10.1. The highest BCUT2D eigenvalue weighted by atomic mass is 19.2. The van der Waals surface area contributed by atoms with Gasteiger partial charge in [-0.25, -0.2) is 35.1 Å². The summed E-state index contributed by atoms with van der Waals surface area (Å²) in [5, 5.41) is 0. The standard InChI is InChI=1S/C28H20BF8.C10H21N/c1-13-5-17(25(34)9-21(13)30)29(18-6-14(2)22(31)10-26(18)35,19-7-15(3)23(32)11-27(19)36)20-8-16(4)24(33)12-28(20)37;1-3-11(4-2)10-8-6-5-7-9-10/h5-12H,1-4H3;10H,3-9H2,1-2H3/q-1;/p+1. The Hall–Kier alpha value is -3.66. The number of hydrogen-bond acceptors (Lipinski definition) is 0. The second-order valence-electron chi connectivity index (χ2n) is 13.1. The Morgan fingerprint density at radius 3 is 0.979 bits per heavy atom. The summed E-state index contributed by atoms with van der Waals surface area (Å²) in [5.74, 6) is -9.05. The van der Waals surface area contributed by atoms with Gasteiger partial charge in [-0.1, -0.05) is 30.7 Å². The molecule has 0 aliphatic heterocycles. The summed E-state index contributed by atoms with van der Waals surface area (Å²) in [6.45, 7) is 12.3. The predicted molar refractivity (Wildman–Crippen MR) is 178 cm³/mol. The molecular weight excluding hydrogens is 633 g/mol. The summed E-state index contributed by atoms with van der Waals surface area (Å²) >= 11 is 0. The first kappa shape index (κ1) is 37.2. The van der Waals surface area contributed by atoms with E-state index in [0.29, 0.717) is 24.3 Å². The quantitative estimate of drug-likeness (QED) is 0.165. The Morgan fingerprint density at radius 1 is 0.458 bits per heavy atom. The van der Waals surface area contributed by atoms with E-state index in [4.69, 9.17) is 0 Å². The number of quaternary nitrogens is 1. The average molecular weight is 676 g/mol. The van der Waals surface area contributed by atoms with Crippen LogP contribution < -0.4 is 26.8 Å². The number of benzene rings is 4. The second-order valence-corrected chi connectivity index (χ2v) is 13.1. The van der Waals surface area contributed by atoms with E-state index in [-0.39, 0.29) is 22.3 Å². The fourth-order valence-electron chi connectivity index (χ4n) is 7.39. The van der Waals surface area contributed by atoms with Gasteiger partial charge < -0.3 is 4.90 Å². The summed E-state index contributed by atoms with van der Waals surface area (Å²) in [6.07, 6.45) is 3.79. The molecule has 1 nitrogen and oxygen atoms in total. The van der Waals surface area contributed by atoms with Crippen molar-refractivity contribution >= 4 is 28.0 Å². The van der Waals surface area contributed by atoms with E-state index in [0.717, 1.165) is 30.3 Å². The minimum Gasteiger partial charge on any atom is -0.333 e. The molecule has 1 saturated carbocycles. The monoisotopic (exact) mass is 675 g/mol. The van der Waals surface area contributed by atoms with Crippen LogP contribution in [0.1, 0.15) is 68.2 Å². The molecule has 1 fully saturated rings. The molecule has 0 heterocycles. The lowest BCUT2D eigenvalue weighted by Gasteiger charge is -2.45. The van der Waals surface area contributed by atoms with Gasteiger partial charge in [-0.3, -0.25) is 0 Å². The molecule has 0 saturated heterocycles. The van der Waals surface area contributed by atoms with Crippen molar-refractivity contribution in [2.24, 2.45) is 0 Å². The first-order valence-electron chi connectivity index (χ1n) is 16.5. The second kappa shape index (κ2) is 15.3. The zero-order valence-corrected chi connectivity index (χ0v) is 28.2. The van der Waals surface area contributed by atoms with E-state index in [2.05, 4.69) is 13.8 Å². The molecule has 1 aliphatic carbocycles. The van der Waals surface area contributed by atoms with Crippen molar-refractivity contribution in [1.29, 1.82) is 0 Å². The van der Waals surface area contributed by atoms with Crippen LogP contribution in [0.25, 0.3) is 0 Å². The maximum atomic E-state index is 15.7. The van der Waals surface area contributed by atoms with Crippen LogP contribution in [0.4, 0.5) is 35.1 Å². The van der Waals surface area contributed by atoms with Crippen molar-refractivity contribution in [3.8, 4) is 0 Å². The van der Waals surface area contributed by atoms with Crippen molar-refractivity contribution in [2.75, 3.05) is 13.1 Å². The van der Waals surface area contributed by atoms with E-state index in [1.54, 1.807) is 0 Å². The van der Waals surface area contributed by atoms with E-state index in [1.807, 2.05) is 4.90 Å². The Kier molecular flexibility index (Phi) is 11.8. The maximum Gasteiger partial charge on any atom is 0.128 e. The van der Waals surface area contributed by atoms with Crippen molar-refractivity contribution in [2.45, 2.75) is 79.7 Å². The summed E-state index contributed by atoms with van der Waals surface area (Å²) in [5.41, 5.74) is -2.73. The number of aryl methyl sites for hydroxylation is 4. The molecule has 4 aromatic rings. The smallest absolute Gasteiger partial charge is 0.128 e. The van der Waals surface area contributed by atoms with Gasteiger partial charge in [-0.2, -0.15) is 21.9 Å². The highest BCUT2D eigenvalue weighted by Gasteiger charge is 2.41. The van der Waals surface area contributed by atoms with E-state index >= 15 is 17.6 Å². The number of halogens is 8. The number of nitrogens with one attached hydrogen (secondary N) is 1. The molecule has 0 atom stereocenters. The van der Waals surface area contributed by atoms with Gasteiger partial charge in [0.15, 0.2) is 0 Å². The Morgan fingerprint density at radius 2 is 0.729 bits per heavy atom. The normalized spacial score (nSPS) is 13.9. The minimum absolute atomic E-state index is 0.139. The lowest BCUT2D eigenvalue weighted by Crippen LogP contribution is -3.15. The highest BCUT2D eigenvalue weighted by molar-refractivity contribution is 7.20. The van der Waals surface area contributed by atoms with Gasteiger partial charge in [-0.05, 0) is 89.5 Å². The van der Waals surface area contributed by atoms with Crippen LogP contribution >= 0.6 is 0 Å². The van der Waals surface area contributed by atoms with Gasteiger partial charge in [0.05, 0.1) is 42.4 Å². The fraction of sp³-hybridized carbons (Fsp3) is 0.368. The molecule has 0 aromatic heterocycles. The van der Waals surface area contributed by atoms with Crippen molar-refractivity contribution in [3.63, 3.8) is 0 Å². The van der Waals surface area contributed by atoms with Crippen LogP contribution in [0.5, 0.6) is 0 Å². The third-order valence-electron chi connectivity index (χ3n) is 10.1. The number of hydrogen-bond donors (Lipinski definition) is 1. The summed E-state index contributed by atoms with van der Waals surface area (Å²) in [6, 6.07) is 6.82. The summed E-state index contributed by atoms with van der Waals surface area (Å²) < 4.78 is 120. The van der Waals surface area contributed by atoms with Crippen LogP contribution in [-0.4, -0.2) is 25.3 Å². The van der Waals surface area contributed by atoms with Crippen molar-refractivity contribution in [1.82, 2.24) is 0 Å². The molecule has 0 unspecified atom stereocenters. The lowest BCUT2D eigenvalue weighted by molar-refractivity contribution is -0.923. The molecule has 0 amide bonds. The molecule has 1 N–H and O–H groups in total. The molecule has 4 aromatic carbocycles. The molecule has 0 radical (unpaired) electrons. The van der Waals surface area contributed by atoms with Crippen LogP contribution in [0.15, 0.2) is 48.5 Å². The largest absolute Gasteiger partial charge is 0.333 e. The predicted octanol–water partition coefficient (Wildman–Crippen LogP) is 6.65. The molecule has 5 rings (SSSR count). The summed E-state index contributed by atoms with van der Waals surface area (Å²) in [4.78, 5) is 1.82. The van der Waals surface area contributed by atoms with Crippen LogP contribution in [0, 0.1) is 74.2 Å². The van der Waals surface area contributed by atoms with Crippen LogP contribution in [0.2, 0.25) is 0 Å². The van der Waals surface area contributed by atoms with Gasteiger partial charge in [0.25, 0.3) is 0 Å².